The number of hydrogen-bond donors (Lipinski definition) is 0. The van der Waals surface area contributed by atoms with E-state index in [2.05, 4.69) is 6.92 Å². The number of Topliss-reactive ketones (excluding diaryl/α,β-unsaturated/α-hetero) is 1. The van der Waals surface area contributed by atoms with Gasteiger partial charge in [-0.25, -0.2) is 0 Å². The van der Waals surface area contributed by atoms with Gasteiger partial charge in [0.15, 0.2) is 5.78 Å². The fourth-order valence-corrected chi connectivity index (χ4v) is 1.80. The number of carbonyl (C=O) groups excluding carboxylic acids is 1. The first-order chi connectivity index (χ1) is 9.42. The predicted octanol–water partition coefficient (Wildman–Crippen LogP) is 3.65. The van der Waals surface area contributed by atoms with Crippen LogP contribution >= 0.6 is 0 Å². The summed E-state index contributed by atoms with van der Waals surface area (Å²) in [5.41, 5.74) is 1.81. The van der Waals surface area contributed by atoms with Crippen molar-refractivity contribution in [2.24, 2.45) is 0 Å². The second kappa shape index (κ2) is 8.18. The van der Waals surface area contributed by atoms with E-state index in [9.17, 15) is 4.79 Å². The van der Waals surface area contributed by atoms with E-state index in [4.69, 9.17) is 9.47 Å². The Bertz CT molecular complexity index is 401. The van der Waals surface area contributed by atoms with E-state index in [1.165, 1.54) is 5.56 Å². The molecule has 0 aliphatic carbocycles. The number of carbonyl (C=O) groups is 1. The van der Waals surface area contributed by atoms with Crippen molar-refractivity contribution in [2.75, 3.05) is 19.8 Å². The van der Waals surface area contributed by atoms with Crippen molar-refractivity contribution in [1.82, 2.24) is 0 Å². The Hall–Kier alpha value is -1.19. The van der Waals surface area contributed by atoms with Gasteiger partial charge in [-0.15, -0.1) is 0 Å². The minimum Gasteiger partial charge on any atom is -0.373 e. The lowest BCUT2D eigenvalue weighted by Crippen LogP contribution is -2.22. The van der Waals surface area contributed by atoms with Crippen LogP contribution in [0.5, 0.6) is 0 Å². The fourth-order valence-electron chi connectivity index (χ4n) is 1.80. The van der Waals surface area contributed by atoms with Gasteiger partial charge in [0.2, 0.25) is 0 Å². The van der Waals surface area contributed by atoms with E-state index in [0.29, 0.717) is 18.8 Å². The van der Waals surface area contributed by atoms with Gasteiger partial charge in [0.1, 0.15) is 6.61 Å². The Morgan fingerprint density at radius 2 is 1.75 bits per heavy atom. The summed E-state index contributed by atoms with van der Waals surface area (Å²) in [6.07, 6.45) is 2.17. The maximum absolute atomic E-state index is 11.9. The van der Waals surface area contributed by atoms with Gasteiger partial charge < -0.3 is 9.47 Å². The molecule has 1 aromatic carbocycles. The summed E-state index contributed by atoms with van der Waals surface area (Å²) in [5, 5.41) is 0. The lowest BCUT2D eigenvalue weighted by Gasteiger charge is -2.19. The second-order valence-corrected chi connectivity index (χ2v) is 5.88. The third-order valence-corrected chi connectivity index (χ3v) is 2.81. The number of aryl methyl sites for hydroxylation is 1. The molecule has 1 aromatic rings. The van der Waals surface area contributed by atoms with Gasteiger partial charge in [-0.1, -0.05) is 37.6 Å². The fraction of sp³-hybridized carbons (Fsp3) is 0.588. The number of hydrogen-bond acceptors (Lipinski definition) is 3. The number of ether oxygens (including phenoxy) is 2. The zero-order chi connectivity index (χ0) is 15.0. The summed E-state index contributed by atoms with van der Waals surface area (Å²) in [6, 6.07) is 7.78. The maximum Gasteiger partial charge on any atom is 0.188 e. The van der Waals surface area contributed by atoms with Crippen LogP contribution in [0.2, 0.25) is 0 Å². The van der Waals surface area contributed by atoms with Crippen LogP contribution in [0.15, 0.2) is 24.3 Å². The van der Waals surface area contributed by atoms with Crippen molar-refractivity contribution < 1.29 is 14.3 Å². The van der Waals surface area contributed by atoms with Crippen molar-refractivity contribution in [3.05, 3.63) is 35.4 Å². The molecule has 0 unspecified atom stereocenters. The summed E-state index contributed by atoms with van der Waals surface area (Å²) in [5.74, 6) is 0.0174. The summed E-state index contributed by atoms with van der Waals surface area (Å²) in [6.45, 7) is 9.19. The maximum atomic E-state index is 11.9. The van der Waals surface area contributed by atoms with Crippen LogP contribution < -0.4 is 0 Å². The first-order valence-electron chi connectivity index (χ1n) is 7.26. The average molecular weight is 278 g/mol. The standard InChI is InChI=1S/C17H26O3/c1-5-6-14-7-9-15(10-8-14)16(18)13-19-11-12-20-17(2,3)4/h7-10H,5-6,11-13H2,1-4H3. The molecule has 0 aliphatic rings. The van der Waals surface area contributed by atoms with E-state index in [1.54, 1.807) is 0 Å². The lowest BCUT2D eigenvalue weighted by molar-refractivity contribution is -0.0324. The number of ketones is 1. The molecule has 3 nitrogen and oxygen atoms in total. The highest BCUT2D eigenvalue weighted by molar-refractivity contribution is 5.97. The minimum atomic E-state index is -0.164. The molecule has 3 heteroatoms. The highest BCUT2D eigenvalue weighted by atomic mass is 16.5. The van der Waals surface area contributed by atoms with Crippen LogP contribution in [0.3, 0.4) is 0 Å². The van der Waals surface area contributed by atoms with Gasteiger partial charge in [0.05, 0.1) is 18.8 Å². The van der Waals surface area contributed by atoms with Gasteiger partial charge in [0.25, 0.3) is 0 Å². The summed E-state index contributed by atoms with van der Waals surface area (Å²) in [7, 11) is 0. The molecule has 0 N–H and O–H groups in total. The lowest BCUT2D eigenvalue weighted by atomic mass is 10.1. The van der Waals surface area contributed by atoms with E-state index in [-0.39, 0.29) is 18.0 Å². The molecular weight excluding hydrogens is 252 g/mol. The van der Waals surface area contributed by atoms with Crippen molar-refractivity contribution in [2.45, 2.75) is 46.1 Å². The Balaban J connectivity index is 2.28. The van der Waals surface area contributed by atoms with Crippen LogP contribution in [-0.4, -0.2) is 31.2 Å². The Morgan fingerprint density at radius 3 is 2.30 bits per heavy atom. The normalized spacial score (nSPS) is 11.6. The molecule has 0 radical (unpaired) electrons. The van der Waals surface area contributed by atoms with Crippen LogP contribution in [-0.2, 0) is 15.9 Å². The highest BCUT2D eigenvalue weighted by Gasteiger charge is 2.10. The van der Waals surface area contributed by atoms with E-state index in [0.717, 1.165) is 12.8 Å². The van der Waals surface area contributed by atoms with Gasteiger partial charge >= 0.3 is 0 Å². The van der Waals surface area contributed by atoms with Crippen LogP contribution in [0.25, 0.3) is 0 Å². The van der Waals surface area contributed by atoms with E-state index >= 15 is 0 Å². The van der Waals surface area contributed by atoms with Crippen molar-refractivity contribution in [3.8, 4) is 0 Å². The molecule has 0 aromatic heterocycles. The molecule has 0 spiro atoms. The predicted molar refractivity (Wildman–Crippen MR) is 81.3 cm³/mol. The average Bonchev–Trinajstić information content (AvgIpc) is 2.38. The van der Waals surface area contributed by atoms with Gasteiger partial charge in [-0.3, -0.25) is 4.79 Å². The first-order valence-corrected chi connectivity index (χ1v) is 7.26. The molecule has 0 aliphatic heterocycles. The Kier molecular flexibility index (Phi) is 6.89. The minimum absolute atomic E-state index is 0.0174. The summed E-state index contributed by atoms with van der Waals surface area (Å²) < 4.78 is 10.9. The van der Waals surface area contributed by atoms with Crippen molar-refractivity contribution in [1.29, 1.82) is 0 Å². The number of rotatable bonds is 8. The number of benzene rings is 1. The molecule has 0 fully saturated rings. The Morgan fingerprint density at radius 1 is 1.10 bits per heavy atom. The van der Waals surface area contributed by atoms with Crippen LogP contribution in [0.1, 0.15) is 50.0 Å². The Labute approximate surface area is 122 Å². The largest absolute Gasteiger partial charge is 0.373 e. The van der Waals surface area contributed by atoms with Gasteiger partial charge in [0, 0.05) is 5.56 Å². The summed E-state index contributed by atoms with van der Waals surface area (Å²) >= 11 is 0. The molecule has 112 valence electrons. The molecule has 0 bridgehead atoms. The monoisotopic (exact) mass is 278 g/mol. The zero-order valence-corrected chi connectivity index (χ0v) is 13.1. The third-order valence-electron chi connectivity index (χ3n) is 2.81. The highest BCUT2D eigenvalue weighted by Crippen LogP contribution is 2.08. The quantitative estimate of drug-likeness (QED) is 0.538. The van der Waals surface area contributed by atoms with Gasteiger partial charge in [-0.2, -0.15) is 0 Å². The van der Waals surface area contributed by atoms with Gasteiger partial charge in [-0.05, 0) is 32.8 Å². The topological polar surface area (TPSA) is 35.5 Å². The second-order valence-electron chi connectivity index (χ2n) is 5.88. The SMILES string of the molecule is CCCc1ccc(C(=O)COCCOC(C)(C)C)cc1. The molecule has 20 heavy (non-hydrogen) atoms. The van der Waals surface area contributed by atoms with E-state index in [1.807, 2.05) is 45.0 Å². The molecule has 0 atom stereocenters. The molecule has 0 heterocycles. The molecule has 0 amide bonds. The third kappa shape index (κ3) is 6.83. The van der Waals surface area contributed by atoms with Crippen LogP contribution in [0.4, 0.5) is 0 Å². The zero-order valence-electron chi connectivity index (χ0n) is 13.1. The van der Waals surface area contributed by atoms with E-state index < -0.39 is 0 Å². The molecule has 0 saturated heterocycles. The summed E-state index contributed by atoms with van der Waals surface area (Å²) in [4.78, 5) is 11.9. The van der Waals surface area contributed by atoms with Crippen LogP contribution in [0, 0.1) is 0 Å². The molecular formula is C17H26O3. The van der Waals surface area contributed by atoms with Crippen molar-refractivity contribution >= 4 is 5.78 Å². The van der Waals surface area contributed by atoms with Crippen molar-refractivity contribution in [3.63, 3.8) is 0 Å². The molecule has 1 rings (SSSR count). The smallest absolute Gasteiger partial charge is 0.188 e. The molecule has 0 saturated carbocycles. The first kappa shape index (κ1) is 16.9.